The lowest BCUT2D eigenvalue weighted by molar-refractivity contribution is 0.277. The highest BCUT2D eigenvalue weighted by atomic mass is 15.4. The number of nitrogens with zero attached hydrogens (tertiary/aromatic N) is 3. The molecular weight excluding hydrogens is 238 g/mol. The van der Waals surface area contributed by atoms with Crippen LogP contribution >= 0.6 is 0 Å². The molecule has 19 heavy (non-hydrogen) atoms. The highest BCUT2D eigenvalue weighted by molar-refractivity contribution is 5.79. The maximum Gasteiger partial charge on any atom is 0.208 e. The van der Waals surface area contributed by atoms with E-state index in [1.807, 2.05) is 0 Å². The van der Waals surface area contributed by atoms with Crippen LogP contribution in [0.2, 0.25) is 0 Å². The minimum absolute atomic E-state index is 0.779. The predicted molar refractivity (Wildman–Crippen MR) is 78.6 cm³/mol. The summed E-state index contributed by atoms with van der Waals surface area (Å²) in [6, 6.07) is 10.6. The summed E-state index contributed by atoms with van der Waals surface area (Å²) in [5.41, 5.74) is 4.04. The maximum absolute atomic E-state index is 5.49. The number of guanidine groups is 1. The number of hydrogen-bond donors (Lipinski definition) is 2. The van der Waals surface area contributed by atoms with Gasteiger partial charge in [-0.3, -0.25) is 15.3 Å². The molecule has 0 aliphatic carbocycles. The van der Waals surface area contributed by atoms with Gasteiger partial charge in [-0.05, 0) is 12.0 Å². The molecule has 1 aliphatic heterocycles. The summed E-state index contributed by atoms with van der Waals surface area (Å²) in [5, 5.41) is 0. The second-order valence-corrected chi connectivity index (χ2v) is 4.79. The van der Waals surface area contributed by atoms with Crippen LogP contribution < -0.4 is 11.3 Å². The fourth-order valence-electron chi connectivity index (χ4n) is 2.48. The average molecular weight is 261 g/mol. The van der Waals surface area contributed by atoms with E-state index in [2.05, 4.69) is 50.5 Å². The van der Waals surface area contributed by atoms with E-state index in [0.717, 1.165) is 45.1 Å². The molecule has 1 fully saturated rings. The van der Waals surface area contributed by atoms with Gasteiger partial charge in [0.1, 0.15) is 0 Å². The topological polar surface area (TPSA) is 56.9 Å². The van der Waals surface area contributed by atoms with Gasteiger partial charge in [0.2, 0.25) is 5.96 Å². The van der Waals surface area contributed by atoms with Crippen LogP contribution in [0.25, 0.3) is 0 Å². The fraction of sp³-hybridized carbons (Fsp3) is 0.500. The minimum atomic E-state index is 0.779. The number of nitrogens with one attached hydrogen (secondary N) is 1. The van der Waals surface area contributed by atoms with Crippen molar-refractivity contribution in [3.63, 3.8) is 0 Å². The number of aliphatic imine (C=N–C) groups is 1. The summed E-state index contributed by atoms with van der Waals surface area (Å²) < 4.78 is 0. The summed E-state index contributed by atoms with van der Waals surface area (Å²) >= 11 is 0. The molecule has 104 valence electrons. The molecular formula is C14H23N5. The Morgan fingerprint density at radius 1 is 1.21 bits per heavy atom. The molecule has 1 aromatic rings. The van der Waals surface area contributed by atoms with Crippen LogP contribution in [-0.4, -0.2) is 49.0 Å². The summed E-state index contributed by atoms with van der Waals surface area (Å²) in [4.78, 5) is 8.87. The number of hydrazine groups is 1. The fourth-order valence-corrected chi connectivity index (χ4v) is 2.48. The second-order valence-electron chi connectivity index (χ2n) is 4.79. The number of benzene rings is 1. The normalized spacial score (nSPS) is 18.2. The monoisotopic (exact) mass is 261 g/mol. The third kappa shape index (κ3) is 3.94. The molecule has 2 rings (SSSR count). The van der Waals surface area contributed by atoms with Gasteiger partial charge in [0.05, 0.1) is 0 Å². The van der Waals surface area contributed by atoms with Crippen molar-refractivity contribution in [3.8, 4) is 0 Å². The molecule has 0 atom stereocenters. The SMILES string of the molecule is CN=C(NN)N1CCCN(Cc2ccccc2)CC1. The van der Waals surface area contributed by atoms with Crippen molar-refractivity contribution in [1.29, 1.82) is 0 Å². The first kappa shape index (κ1) is 13.8. The van der Waals surface area contributed by atoms with E-state index in [-0.39, 0.29) is 0 Å². The summed E-state index contributed by atoms with van der Waals surface area (Å²) in [6.07, 6.45) is 1.13. The predicted octanol–water partition coefficient (Wildman–Crippen LogP) is 0.643. The van der Waals surface area contributed by atoms with Crippen molar-refractivity contribution in [2.75, 3.05) is 33.2 Å². The van der Waals surface area contributed by atoms with Crippen LogP contribution in [0.15, 0.2) is 35.3 Å². The third-order valence-corrected chi connectivity index (χ3v) is 3.48. The third-order valence-electron chi connectivity index (χ3n) is 3.48. The van der Waals surface area contributed by atoms with Crippen molar-refractivity contribution < 1.29 is 0 Å². The highest BCUT2D eigenvalue weighted by Crippen LogP contribution is 2.08. The highest BCUT2D eigenvalue weighted by Gasteiger charge is 2.16. The first-order valence-electron chi connectivity index (χ1n) is 6.78. The molecule has 1 heterocycles. The average Bonchev–Trinajstić information content (AvgIpc) is 2.68. The molecule has 5 nitrogen and oxygen atoms in total. The van der Waals surface area contributed by atoms with Gasteiger partial charge in [0.15, 0.2) is 0 Å². The van der Waals surface area contributed by atoms with Crippen molar-refractivity contribution >= 4 is 5.96 Å². The molecule has 0 aromatic heterocycles. The Balaban J connectivity index is 1.90. The number of nitrogens with two attached hydrogens (primary N) is 1. The van der Waals surface area contributed by atoms with Gasteiger partial charge in [0, 0.05) is 39.8 Å². The quantitative estimate of drug-likeness (QED) is 0.355. The van der Waals surface area contributed by atoms with Crippen LogP contribution in [0.1, 0.15) is 12.0 Å². The molecule has 0 saturated carbocycles. The lowest BCUT2D eigenvalue weighted by Crippen LogP contribution is -2.46. The van der Waals surface area contributed by atoms with Crippen molar-refractivity contribution in [2.24, 2.45) is 10.8 Å². The largest absolute Gasteiger partial charge is 0.341 e. The number of rotatable bonds is 2. The first-order valence-corrected chi connectivity index (χ1v) is 6.78. The summed E-state index contributed by atoms with van der Waals surface area (Å²) in [6.45, 7) is 5.14. The maximum atomic E-state index is 5.49. The van der Waals surface area contributed by atoms with Gasteiger partial charge in [-0.2, -0.15) is 0 Å². The molecule has 1 saturated heterocycles. The van der Waals surface area contributed by atoms with Crippen molar-refractivity contribution in [1.82, 2.24) is 15.2 Å². The Morgan fingerprint density at radius 2 is 2.00 bits per heavy atom. The second kappa shape index (κ2) is 7.11. The minimum Gasteiger partial charge on any atom is -0.341 e. The van der Waals surface area contributed by atoms with Crippen molar-refractivity contribution in [2.45, 2.75) is 13.0 Å². The lowest BCUT2D eigenvalue weighted by Gasteiger charge is -2.24. The molecule has 0 amide bonds. The van der Waals surface area contributed by atoms with E-state index in [1.165, 1.54) is 5.56 Å². The standard InChI is InChI=1S/C14H23N5/c1-16-14(17-15)19-9-5-8-18(10-11-19)12-13-6-3-2-4-7-13/h2-4,6-7H,5,8-12,15H2,1H3,(H,16,17). The Labute approximate surface area is 115 Å². The van der Waals surface area contributed by atoms with Gasteiger partial charge in [-0.25, -0.2) is 5.84 Å². The molecule has 5 heteroatoms. The molecule has 0 spiro atoms. The molecule has 0 bridgehead atoms. The molecule has 3 N–H and O–H groups in total. The van der Waals surface area contributed by atoms with E-state index < -0.39 is 0 Å². The molecule has 1 aliphatic rings. The van der Waals surface area contributed by atoms with Crippen LogP contribution in [0.3, 0.4) is 0 Å². The Bertz CT molecular complexity index is 404. The zero-order valence-electron chi connectivity index (χ0n) is 11.5. The molecule has 0 unspecified atom stereocenters. The first-order chi connectivity index (χ1) is 9.33. The van der Waals surface area contributed by atoms with Crippen molar-refractivity contribution in [3.05, 3.63) is 35.9 Å². The van der Waals surface area contributed by atoms with Gasteiger partial charge in [-0.1, -0.05) is 30.3 Å². The van der Waals surface area contributed by atoms with Gasteiger partial charge >= 0.3 is 0 Å². The van der Waals surface area contributed by atoms with Crippen LogP contribution in [0, 0.1) is 0 Å². The smallest absolute Gasteiger partial charge is 0.208 e. The number of hydrogen-bond acceptors (Lipinski definition) is 3. The Morgan fingerprint density at radius 3 is 2.68 bits per heavy atom. The Kier molecular flexibility index (Phi) is 5.18. The van der Waals surface area contributed by atoms with E-state index in [0.29, 0.717) is 0 Å². The lowest BCUT2D eigenvalue weighted by atomic mass is 10.2. The van der Waals surface area contributed by atoms with E-state index >= 15 is 0 Å². The van der Waals surface area contributed by atoms with Crippen LogP contribution in [0.5, 0.6) is 0 Å². The van der Waals surface area contributed by atoms with Gasteiger partial charge in [-0.15, -0.1) is 0 Å². The van der Waals surface area contributed by atoms with E-state index in [9.17, 15) is 0 Å². The molecule has 0 radical (unpaired) electrons. The van der Waals surface area contributed by atoms with E-state index in [4.69, 9.17) is 5.84 Å². The van der Waals surface area contributed by atoms with E-state index in [1.54, 1.807) is 7.05 Å². The Hall–Kier alpha value is -1.59. The zero-order chi connectivity index (χ0) is 13.5. The van der Waals surface area contributed by atoms with Crippen LogP contribution in [0.4, 0.5) is 0 Å². The summed E-state index contributed by atoms with van der Waals surface area (Å²) in [5.74, 6) is 6.27. The van der Waals surface area contributed by atoms with Crippen LogP contribution in [-0.2, 0) is 6.54 Å². The molecule has 1 aromatic carbocycles. The summed E-state index contributed by atoms with van der Waals surface area (Å²) in [7, 11) is 1.77. The van der Waals surface area contributed by atoms with Gasteiger partial charge in [0.25, 0.3) is 0 Å². The zero-order valence-corrected chi connectivity index (χ0v) is 11.5. The van der Waals surface area contributed by atoms with Gasteiger partial charge < -0.3 is 4.90 Å².